The summed E-state index contributed by atoms with van der Waals surface area (Å²) in [5.41, 5.74) is 0.563. The maximum Gasteiger partial charge on any atom is 0.332 e. The Kier molecular flexibility index (Phi) is 4.79. The number of amides is 1. The molecule has 2 atom stereocenters. The summed E-state index contributed by atoms with van der Waals surface area (Å²) in [6.07, 6.45) is -1.14. The number of sulfonamides is 1. The fourth-order valence-electron chi connectivity index (χ4n) is 2.15. The normalized spacial score (nSPS) is 21.5. The average molecular weight is 328 g/mol. The Balaban J connectivity index is 1.93. The lowest BCUT2D eigenvalue weighted by atomic mass is 10.2. The molecule has 1 saturated heterocycles. The van der Waals surface area contributed by atoms with Crippen LogP contribution in [0.4, 0.5) is 0 Å². The summed E-state index contributed by atoms with van der Waals surface area (Å²) in [6.45, 7) is 0.0970. The van der Waals surface area contributed by atoms with Gasteiger partial charge in [0.15, 0.2) is 6.10 Å². The summed E-state index contributed by atoms with van der Waals surface area (Å²) >= 11 is 0. The summed E-state index contributed by atoms with van der Waals surface area (Å²) < 4.78 is 27.6. The largest absolute Gasteiger partial charge is 0.479 e. The van der Waals surface area contributed by atoms with Gasteiger partial charge in [-0.25, -0.2) is 18.4 Å². The average Bonchev–Trinajstić information content (AvgIpc) is 2.94. The number of rotatable bonds is 5. The molecule has 0 saturated carbocycles. The van der Waals surface area contributed by atoms with Crippen molar-refractivity contribution in [2.45, 2.75) is 36.5 Å². The van der Waals surface area contributed by atoms with E-state index in [0.717, 1.165) is 0 Å². The lowest BCUT2D eigenvalue weighted by molar-refractivity contribution is -0.151. The second-order valence-corrected chi connectivity index (χ2v) is 6.50. The van der Waals surface area contributed by atoms with Crippen LogP contribution in [0.1, 0.15) is 18.4 Å². The fourth-order valence-corrected chi connectivity index (χ4v) is 2.73. The van der Waals surface area contributed by atoms with Crippen LogP contribution in [0, 0.1) is 0 Å². The molecule has 1 aromatic carbocycles. The van der Waals surface area contributed by atoms with Gasteiger partial charge in [0.1, 0.15) is 6.10 Å². The van der Waals surface area contributed by atoms with Gasteiger partial charge in [-0.2, -0.15) is 0 Å². The molecule has 1 aromatic rings. The monoisotopic (exact) mass is 328 g/mol. The highest BCUT2D eigenvalue weighted by Gasteiger charge is 2.34. The Morgan fingerprint density at radius 1 is 1.32 bits per heavy atom. The standard InChI is InChI=1S/C13H16N2O6S/c14-22(19,20)9-3-1-2-8(6-9)7-15-12(16)10-4-5-11(21-10)13(17)18/h1-3,6,10-11H,4-5,7H2,(H,15,16)(H,17,18)(H2,14,19,20)/t10-,11+/m0/s1. The molecule has 9 heteroatoms. The number of hydrogen-bond donors (Lipinski definition) is 3. The van der Waals surface area contributed by atoms with E-state index >= 15 is 0 Å². The van der Waals surface area contributed by atoms with Gasteiger partial charge in [-0.3, -0.25) is 4.79 Å². The first-order valence-electron chi connectivity index (χ1n) is 6.55. The second-order valence-electron chi connectivity index (χ2n) is 4.94. The molecule has 0 aromatic heterocycles. The molecule has 0 bridgehead atoms. The number of ether oxygens (including phenoxy) is 1. The van der Waals surface area contributed by atoms with Crippen molar-refractivity contribution in [3.05, 3.63) is 29.8 Å². The van der Waals surface area contributed by atoms with E-state index in [0.29, 0.717) is 12.0 Å². The molecule has 8 nitrogen and oxygen atoms in total. The molecule has 1 aliphatic heterocycles. The molecule has 1 heterocycles. The molecule has 4 N–H and O–H groups in total. The van der Waals surface area contributed by atoms with Gasteiger partial charge < -0.3 is 15.2 Å². The first-order chi connectivity index (χ1) is 10.3. The van der Waals surface area contributed by atoms with E-state index in [1.54, 1.807) is 6.07 Å². The highest BCUT2D eigenvalue weighted by atomic mass is 32.2. The molecule has 0 aliphatic carbocycles. The third-order valence-corrected chi connectivity index (χ3v) is 4.19. The maximum atomic E-state index is 11.9. The van der Waals surface area contributed by atoms with Gasteiger partial charge in [-0.05, 0) is 30.5 Å². The predicted octanol–water partition coefficient (Wildman–Crippen LogP) is -0.418. The van der Waals surface area contributed by atoms with Gasteiger partial charge in [-0.15, -0.1) is 0 Å². The van der Waals surface area contributed by atoms with Crippen molar-refractivity contribution in [3.8, 4) is 0 Å². The smallest absolute Gasteiger partial charge is 0.332 e. The van der Waals surface area contributed by atoms with Gasteiger partial charge in [-0.1, -0.05) is 12.1 Å². The number of nitrogens with two attached hydrogens (primary N) is 1. The Morgan fingerprint density at radius 2 is 2.00 bits per heavy atom. The lowest BCUT2D eigenvalue weighted by Gasteiger charge is -2.12. The van der Waals surface area contributed by atoms with E-state index in [1.807, 2.05) is 0 Å². The van der Waals surface area contributed by atoms with E-state index in [9.17, 15) is 18.0 Å². The zero-order valence-electron chi connectivity index (χ0n) is 11.6. The minimum absolute atomic E-state index is 0.0395. The zero-order chi connectivity index (χ0) is 16.3. The van der Waals surface area contributed by atoms with E-state index in [-0.39, 0.29) is 17.9 Å². The Hall–Kier alpha value is -1.97. The van der Waals surface area contributed by atoms with E-state index in [2.05, 4.69) is 5.32 Å². The van der Waals surface area contributed by atoms with E-state index in [4.69, 9.17) is 15.0 Å². The number of aliphatic carboxylic acids is 1. The Bertz CT molecular complexity index is 688. The number of primary sulfonamides is 1. The minimum Gasteiger partial charge on any atom is -0.479 e. The highest BCUT2D eigenvalue weighted by Crippen LogP contribution is 2.20. The fraction of sp³-hybridized carbons (Fsp3) is 0.385. The lowest BCUT2D eigenvalue weighted by Crippen LogP contribution is -2.35. The summed E-state index contributed by atoms with van der Waals surface area (Å²) in [7, 11) is -3.80. The molecule has 120 valence electrons. The van der Waals surface area contributed by atoms with Gasteiger partial charge in [0.25, 0.3) is 0 Å². The SMILES string of the molecule is NS(=O)(=O)c1cccc(CNC(=O)[C@@H]2CC[C@H](C(=O)O)O2)c1. The van der Waals surface area contributed by atoms with Crippen molar-refractivity contribution in [3.63, 3.8) is 0 Å². The number of nitrogens with one attached hydrogen (secondary N) is 1. The van der Waals surface area contributed by atoms with Crippen LogP contribution in [-0.2, 0) is 30.9 Å². The number of benzene rings is 1. The Labute approximate surface area is 127 Å². The molecule has 1 aliphatic rings. The van der Waals surface area contributed by atoms with Crippen molar-refractivity contribution in [2.75, 3.05) is 0 Å². The van der Waals surface area contributed by atoms with Crippen LogP contribution in [0.5, 0.6) is 0 Å². The van der Waals surface area contributed by atoms with Gasteiger partial charge >= 0.3 is 5.97 Å². The molecule has 1 fully saturated rings. The van der Waals surface area contributed by atoms with Crippen LogP contribution in [-0.4, -0.2) is 37.6 Å². The molecule has 1 amide bonds. The molecular weight excluding hydrogens is 312 g/mol. The topological polar surface area (TPSA) is 136 Å². The number of carbonyl (C=O) groups is 2. The van der Waals surface area contributed by atoms with Crippen LogP contribution in [0.2, 0.25) is 0 Å². The number of carboxylic acid groups (broad SMARTS) is 1. The van der Waals surface area contributed by atoms with Gasteiger partial charge in [0, 0.05) is 6.54 Å². The van der Waals surface area contributed by atoms with Crippen LogP contribution in [0.3, 0.4) is 0 Å². The van der Waals surface area contributed by atoms with Crippen molar-refractivity contribution in [1.29, 1.82) is 0 Å². The van der Waals surface area contributed by atoms with E-state index in [1.165, 1.54) is 18.2 Å². The van der Waals surface area contributed by atoms with Crippen LogP contribution in [0.15, 0.2) is 29.2 Å². The van der Waals surface area contributed by atoms with Crippen molar-refractivity contribution < 1.29 is 27.9 Å². The van der Waals surface area contributed by atoms with Gasteiger partial charge in [0.05, 0.1) is 4.90 Å². The third kappa shape index (κ3) is 4.03. The highest BCUT2D eigenvalue weighted by molar-refractivity contribution is 7.89. The van der Waals surface area contributed by atoms with E-state index < -0.39 is 34.1 Å². The maximum absolute atomic E-state index is 11.9. The number of carboxylic acids is 1. The number of carbonyl (C=O) groups excluding carboxylic acids is 1. The molecular formula is C13H16N2O6S. The van der Waals surface area contributed by atoms with Crippen LogP contribution >= 0.6 is 0 Å². The molecule has 0 spiro atoms. The zero-order valence-corrected chi connectivity index (χ0v) is 12.4. The second kappa shape index (κ2) is 6.42. The van der Waals surface area contributed by atoms with Crippen molar-refractivity contribution in [1.82, 2.24) is 5.32 Å². The summed E-state index contributed by atoms with van der Waals surface area (Å²) in [5.74, 6) is -1.51. The predicted molar refractivity (Wildman–Crippen MR) is 75.2 cm³/mol. The third-order valence-electron chi connectivity index (χ3n) is 3.28. The minimum atomic E-state index is -3.80. The van der Waals surface area contributed by atoms with Crippen LogP contribution < -0.4 is 10.5 Å². The first kappa shape index (κ1) is 16.4. The molecule has 22 heavy (non-hydrogen) atoms. The Morgan fingerprint density at radius 3 is 2.59 bits per heavy atom. The molecule has 0 radical (unpaired) electrons. The summed E-state index contributed by atoms with van der Waals surface area (Å²) in [6, 6.07) is 5.89. The van der Waals surface area contributed by atoms with Gasteiger partial charge in [0.2, 0.25) is 15.9 Å². The molecule has 2 rings (SSSR count). The summed E-state index contributed by atoms with van der Waals surface area (Å²) in [4.78, 5) is 22.6. The first-order valence-corrected chi connectivity index (χ1v) is 8.10. The van der Waals surface area contributed by atoms with Crippen LogP contribution in [0.25, 0.3) is 0 Å². The number of hydrogen-bond acceptors (Lipinski definition) is 5. The van der Waals surface area contributed by atoms with Crippen molar-refractivity contribution in [2.24, 2.45) is 5.14 Å². The van der Waals surface area contributed by atoms with Crippen molar-refractivity contribution >= 4 is 21.9 Å². The summed E-state index contributed by atoms with van der Waals surface area (Å²) in [5, 5.41) is 16.4. The molecule has 0 unspecified atom stereocenters. The quantitative estimate of drug-likeness (QED) is 0.672.